The molecule has 0 aliphatic heterocycles. The van der Waals surface area contributed by atoms with Gasteiger partial charge in [0, 0.05) is 10.5 Å². The lowest BCUT2D eigenvalue weighted by atomic mass is 10.2. The maximum Gasteiger partial charge on any atom is 0.261 e. The second-order valence-corrected chi connectivity index (χ2v) is 5.63. The van der Waals surface area contributed by atoms with Gasteiger partial charge in [0.05, 0.1) is 17.2 Å². The van der Waals surface area contributed by atoms with Crippen LogP contribution in [0.2, 0.25) is 0 Å². The smallest absolute Gasteiger partial charge is 0.261 e. The Bertz CT molecular complexity index is 696. The monoisotopic (exact) mass is 337 g/mol. The molecule has 106 valence electrons. The van der Waals surface area contributed by atoms with Gasteiger partial charge in [0.1, 0.15) is 6.54 Å². The molecule has 1 N–H and O–H groups in total. The van der Waals surface area contributed by atoms with Gasteiger partial charge < -0.3 is 5.32 Å². The minimum absolute atomic E-state index is 0.0117. The predicted octanol–water partition coefficient (Wildman–Crippen LogP) is 2.07. The van der Waals surface area contributed by atoms with Gasteiger partial charge in [-0.15, -0.1) is 0 Å². The molecule has 0 aliphatic rings. The van der Waals surface area contributed by atoms with E-state index >= 15 is 0 Å². The zero-order chi connectivity index (χ0) is 14.7. The van der Waals surface area contributed by atoms with E-state index in [1.807, 2.05) is 13.8 Å². The van der Waals surface area contributed by atoms with Crippen molar-refractivity contribution in [2.45, 2.75) is 32.9 Å². The summed E-state index contributed by atoms with van der Waals surface area (Å²) in [5, 5.41) is 3.34. The maximum absolute atomic E-state index is 12.3. The van der Waals surface area contributed by atoms with E-state index in [1.165, 1.54) is 10.9 Å². The first-order valence-electron chi connectivity index (χ1n) is 6.45. The molecule has 6 heteroatoms. The predicted molar refractivity (Wildman–Crippen MR) is 81.6 cm³/mol. The fraction of sp³-hybridized carbons (Fsp3) is 0.357. The highest BCUT2D eigenvalue weighted by atomic mass is 79.9. The normalized spacial score (nSPS) is 12.3. The van der Waals surface area contributed by atoms with Gasteiger partial charge in [0.25, 0.3) is 5.56 Å². The molecule has 0 bridgehead atoms. The van der Waals surface area contributed by atoms with Gasteiger partial charge in [-0.05, 0) is 31.5 Å². The minimum Gasteiger partial charge on any atom is -0.352 e. The number of carbonyl (C=O) groups excluding carboxylic acids is 1. The third-order valence-corrected chi connectivity index (χ3v) is 3.61. The molecule has 0 radical (unpaired) electrons. The molecule has 0 spiro atoms. The molecule has 1 atom stereocenters. The highest BCUT2D eigenvalue weighted by molar-refractivity contribution is 9.10. The van der Waals surface area contributed by atoms with Crippen LogP contribution < -0.4 is 10.9 Å². The van der Waals surface area contributed by atoms with E-state index in [-0.39, 0.29) is 24.1 Å². The third-order valence-electron chi connectivity index (χ3n) is 3.12. The first-order valence-corrected chi connectivity index (χ1v) is 7.24. The van der Waals surface area contributed by atoms with Gasteiger partial charge in [0.15, 0.2) is 0 Å². The molecule has 1 aromatic carbocycles. The van der Waals surface area contributed by atoms with Gasteiger partial charge in [-0.3, -0.25) is 14.2 Å². The van der Waals surface area contributed by atoms with Crippen molar-refractivity contribution in [3.05, 3.63) is 39.4 Å². The van der Waals surface area contributed by atoms with E-state index in [1.54, 1.807) is 18.2 Å². The Morgan fingerprint density at radius 1 is 1.50 bits per heavy atom. The molecular formula is C14H16BrN3O2. The van der Waals surface area contributed by atoms with Crippen LogP contribution in [0.4, 0.5) is 0 Å². The van der Waals surface area contributed by atoms with E-state index in [0.29, 0.717) is 10.9 Å². The Labute approximate surface area is 125 Å². The van der Waals surface area contributed by atoms with E-state index in [0.717, 1.165) is 10.9 Å². The third kappa shape index (κ3) is 3.25. The van der Waals surface area contributed by atoms with Crippen molar-refractivity contribution in [1.82, 2.24) is 14.9 Å². The fourth-order valence-corrected chi connectivity index (χ4v) is 2.17. The van der Waals surface area contributed by atoms with Gasteiger partial charge in [0.2, 0.25) is 5.91 Å². The van der Waals surface area contributed by atoms with Gasteiger partial charge in [-0.2, -0.15) is 0 Å². The van der Waals surface area contributed by atoms with Crippen LogP contribution >= 0.6 is 15.9 Å². The topological polar surface area (TPSA) is 64.0 Å². The number of hydrogen-bond donors (Lipinski definition) is 1. The fourth-order valence-electron chi connectivity index (χ4n) is 1.82. The number of benzene rings is 1. The highest BCUT2D eigenvalue weighted by Crippen LogP contribution is 2.14. The molecular weight excluding hydrogens is 322 g/mol. The second-order valence-electron chi connectivity index (χ2n) is 4.72. The number of hydrogen-bond acceptors (Lipinski definition) is 3. The van der Waals surface area contributed by atoms with Crippen LogP contribution in [0.5, 0.6) is 0 Å². The van der Waals surface area contributed by atoms with Gasteiger partial charge in [-0.1, -0.05) is 22.9 Å². The van der Waals surface area contributed by atoms with Crippen LogP contribution in [0.15, 0.2) is 33.8 Å². The molecule has 0 saturated carbocycles. The van der Waals surface area contributed by atoms with E-state index in [9.17, 15) is 9.59 Å². The lowest BCUT2D eigenvalue weighted by Crippen LogP contribution is -2.37. The Kier molecular flexibility index (Phi) is 4.54. The number of fused-ring (bicyclic) bond motifs is 1. The zero-order valence-electron chi connectivity index (χ0n) is 11.4. The van der Waals surface area contributed by atoms with Crippen LogP contribution in [-0.4, -0.2) is 21.5 Å². The van der Waals surface area contributed by atoms with Crippen LogP contribution in [0.1, 0.15) is 20.3 Å². The molecule has 0 aliphatic carbocycles. The maximum atomic E-state index is 12.3. The first kappa shape index (κ1) is 14.7. The lowest BCUT2D eigenvalue weighted by molar-refractivity contribution is -0.122. The summed E-state index contributed by atoms with van der Waals surface area (Å²) in [5.74, 6) is -0.181. The Morgan fingerprint density at radius 2 is 2.25 bits per heavy atom. The molecule has 0 saturated heterocycles. The lowest BCUT2D eigenvalue weighted by Gasteiger charge is -2.12. The summed E-state index contributed by atoms with van der Waals surface area (Å²) < 4.78 is 2.19. The van der Waals surface area contributed by atoms with Crippen molar-refractivity contribution >= 4 is 32.7 Å². The van der Waals surface area contributed by atoms with E-state index < -0.39 is 0 Å². The van der Waals surface area contributed by atoms with Gasteiger partial charge in [-0.25, -0.2) is 4.98 Å². The van der Waals surface area contributed by atoms with E-state index in [2.05, 4.69) is 26.2 Å². The number of aromatic nitrogens is 2. The minimum atomic E-state index is -0.207. The molecule has 0 fully saturated rings. The highest BCUT2D eigenvalue weighted by Gasteiger charge is 2.10. The average Bonchev–Trinajstić information content (AvgIpc) is 2.41. The largest absolute Gasteiger partial charge is 0.352 e. The van der Waals surface area contributed by atoms with Crippen LogP contribution in [0, 0.1) is 0 Å². The van der Waals surface area contributed by atoms with E-state index in [4.69, 9.17) is 0 Å². The van der Waals surface area contributed by atoms with Crippen LogP contribution in [0.25, 0.3) is 10.9 Å². The second kappa shape index (κ2) is 6.17. The summed E-state index contributed by atoms with van der Waals surface area (Å²) in [4.78, 5) is 28.3. The Morgan fingerprint density at radius 3 is 2.95 bits per heavy atom. The van der Waals surface area contributed by atoms with Crippen molar-refractivity contribution in [1.29, 1.82) is 0 Å². The molecule has 2 rings (SSSR count). The molecule has 5 nitrogen and oxygen atoms in total. The van der Waals surface area contributed by atoms with Crippen molar-refractivity contribution in [2.24, 2.45) is 0 Å². The first-order chi connectivity index (χ1) is 9.51. The van der Waals surface area contributed by atoms with Crippen molar-refractivity contribution in [3.8, 4) is 0 Å². The number of nitrogens with one attached hydrogen (secondary N) is 1. The molecule has 20 heavy (non-hydrogen) atoms. The van der Waals surface area contributed by atoms with Crippen LogP contribution in [-0.2, 0) is 11.3 Å². The zero-order valence-corrected chi connectivity index (χ0v) is 13.0. The molecule has 1 amide bonds. The van der Waals surface area contributed by atoms with Crippen molar-refractivity contribution in [3.63, 3.8) is 0 Å². The summed E-state index contributed by atoms with van der Waals surface area (Å²) in [7, 11) is 0. The summed E-state index contributed by atoms with van der Waals surface area (Å²) in [5.41, 5.74) is 0.407. The van der Waals surface area contributed by atoms with Crippen LogP contribution in [0.3, 0.4) is 0 Å². The number of amides is 1. The summed E-state index contributed by atoms with van der Waals surface area (Å²) in [6.07, 6.45) is 2.26. The number of nitrogens with zero attached hydrogens (tertiary/aromatic N) is 2. The summed E-state index contributed by atoms with van der Waals surface area (Å²) >= 11 is 3.34. The quantitative estimate of drug-likeness (QED) is 0.928. The SMILES string of the molecule is CCC(C)NC(=O)Cn1cnc2cc(Br)ccc2c1=O. The standard InChI is InChI=1S/C14H16BrN3O2/c1-3-9(2)17-13(19)7-18-8-16-12-6-10(15)4-5-11(12)14(18)20/h4-6,8-9H,3,7H2,1-2H3,(H,17,19). The summed E-state index contributed by atoms with van der Waals surface area (Å²) in [6, 6.07) is 5.37. The summed E-state index contributed by atoms with van der Waals surface area (Å²) in [6.45, 7) is 3.91. The average molecular weight is 338 g/mol. The molecule has 1 aromatic heterocycles. The number of rotatable bonds is 4. The van der Waals surface area contributed by atoms with Crippen molar-refractivity contribution in [2.75, 3.05) is 0 Å². The molecule has 1 heterocycles. The van der Waals surface area contributed by atoms with Crippen molar-refractivity contribution < 1.29 is 4.79 Å². The Hall–Kier alpha value is -1.69. The van der Waals surface area contributed by atoms with Gasteiger partial charge >= 0.3 is 0 Å². The molecule has 1 unspecified atom stereocenters. The Balaban J connectivity index is 2.28. The number of carbonyl (C=O) groups is 1. The number of halogens is 1. The molecule has 2 aromatic rings.